The molecule has 8 nitrogen and oxygen atoms in total. The Morgan fingerprint density at radius 2 is 2.00 bits per heavy atom. The molecular weight excluding hydrogens is 386 g/mol. The van der Waals surface area contributed by atoms with Gasteiger partial charge in [-0.25, -0.2) is 4.79 Å². The first-order valence-electron chi connectivity index (χ1n) is 8.67. The summed E-state index contributed by atoms with van der Waals surface area (Å²) in [5, 5.41) is 21.8. The number of rotatable bonds is 7. The van der Waals surface area contributed by atoms with Crippen molar-refractivity contribution in [2.45, 2.75) is 31.8 Å². The van der Waals surface area contributed by atoms with E-state index < -0.39 is 11.5 Å². The predicted molar refractivity (Wildman–Crippen MR) is 103 cm³/mol. The molecule has 2 aromatic rings. The normalized spacial score (nSPS) is 18.4. The summed E-state index contributed by atoms with van der Waals surface area (Å²) < 4.78 is 1.68. The van der Waals surface area contributed by atoms with Crippen LogP contribution >= 0.6 is 11.6 Å². The Balaban J connectivity index is 1.75. The summed E-state index contributed by atoms with van der Waals surface area (Å²) in [4.78, 5) is 29.0. The molecule has 0 fully saturated rings. The summed E-state index contributed by atoms with van der Waals surface area (Å²) in [6.45, 7) is 2.46. The number of hydrogen-bond donors (Lipinski definition) is 4. The zero-order chi connectivity index (χ0) is 20.3. The molecule has 1 amide bonds. The number of nitrogens with zero attached hydrogens (tertiary/aromatic N) is 1. The van der Waals surface area contributed by atoms with Crippen LogP contribution in [-0.4, -0.2) is 26.7 Å². The first kappa shape index (κ1) is 19.8. The maximum atomic E-state index is 12.5. The van der Waals surface area contributed by atoms with E-state index in [2.05, 4.69) is 10.8 Å². The largest absolute Gasteiger partial charge is 0.508 e. The van der Waals surface area contributed by atoms with Gasteiger partial charge >= 0.3 is 5.97 Å². The highest BCUT2D eigenvalue weighted by molar-refractivity contribution is 6.30. The lowest BCUT2D eigenvalue weighted by molar-refractivity contribution is -0.116. The van der Waals surface area contributed by atoms with E-state index in [0.717, 1.165) is 5.56 Å². The van der Waals surface area contributed by atoms with Crippen molar-refractivity contribution in [2.24, 2.45) is 0 Å². The number of nitrogens with one attached hydrogen (secondary N) is 2. The van der Waals surface area contributed by atoms with E-state index in [1.165, 1.54) is 24.6 Å². The summed E-state index contributed by atoms with van der Waals surface area (Å²) in [7, 11) is 0. The van der Waals surface area contributed by atoms with Gasteiger partial charge in [0.25, 0.3) is 0 Å². The highest BCUT2D eigenvalue weighted by Crippen LogP contribution is 2.40. The van der Waals surface area contributed by atoms with Gasteiger partial charge in [0.1, 0.15) is 23.1 Å². The van der Waals surface area contributed by atoms with Crippen molar-refractivity contribution in [2.75, 3.05) is 5.32 Å². The molecule has 4 N–H and O–H groups in total. The number of carboxylic acids is 1. The molecule has 9 heteroatoms. The average Bonchev–Trinajstić information content (AvgIpc) is 3.25. The Bertz CT molecular complexity index is 922. The predicted octanol–water partition coefficient (Wildman–Crippen LogP) is 3.14. The summed E-state index contributed by atoms with van der Waals surface area (Å²) in [5.74, 6) is -1.36. The number of aromatic carboxylic acids is 1. The molecule has 0 spiro atoms. The van der Waals surface area contributed by atoms with Crippen molar-refractivity contribution in [3.63, 3.8) is 0 Å². The van der Waals surface area contributed by atoms with Gasteiger partial charge in [-0.15, -0.1) is 5.48 Å². The number of halogens is 1. The van der Waals surface area contributed by atoms with Gasteiger partial charge in [-0.2, -0.15) is 0 Å². The number of carbonyl (C=O) groups is 2. The minimum absolute atomic E-state index is 0.0312. The van der Waals surface area contributed by atoms with Crippen LogP contribution in [0.15, 0.2) is 48.0 Å². The average molecular weight is 406 g/mol. The maximum absolute atomic E-state index is 12.5. The molecule has 2 heterocycles. The number of anilines is 1. The molecule has 0 saturated heterocycles. The van der Waals surface area contributed by atoms with Gasteiger partial charge in [-0.1, -0.05) is 23.7 Å². The lowest BCUT2D eigenvalue weighted by Crippen LogP contribution is -2.39. The molecule has 1 atom stereocenters. The second kappa shape index (κ2) is 7.95. The number of carbonyl (C=O) groups excluding carboxylic acids is 1. The van der Waals surface area contributed by atoms with Crippen molar-refractivity contribution in [3.8, 4) is 5.75 Å². The topological polar surface area (TPSA) is 113 Å². The molecule has 1 aliphatic heterocycles. The van der Waals surface area contributed by atoms with E-state index in [1.807, 2.05) is 6.92 Å². The molecular formula is C19H20ClN3O5. The number of phenols is 1. The van der Waals surface area contributed by atoms with E-state index in [-0.39, 0.29) is 35.7 Å². The summed E-state index contributed by atoms with van der Waals surface area (Å²) in [6.07, 6.45) is 4.73. The monoisotopic (exact) mass is 405 g/mol. The second-order valence-electron chi connectivity index (χ2n) is 6.41. The van der Waals surface area contributed by atoms with Crippen LogP contribution in [0, 0.1) is 0 Å². The number of amides is 1. The van der Waals surface area contributed by atoms with E-state index in [4.69, 9.17) is 16.4 Å². The second-order valence-corrected chi connectivity index (χ2v) is 6.81. The van der Waals surface area contributed by atoms with Crippen LogP contribution in [-0.2, 0) is 21.7 Å². The Morgan fingerprint density at radius 3 is 2.57 bits per heavy atom. The quantitative estimate of drug-likeness (QED) is 0.563. The van der Waals surface area contributed by atoms with Gasteiger partial charge in [-0.3, -0.25) is 4.79 Å². The summed E-state index contributed by atoms with van der Waals surface area (Å²) in [5.41, 5.74) is 2.90. The van der Waals surface area contributed by atoms with Crippen molar-refractivity contribution in [3.05, 3.63) is 59.1 Å². The fraction of sp³-hybridized carbons (Fsp3) is 0.263. The van der Waals surface area contributed by atoms with Gasteiger partial charge in [-0.05, 0) is 31.0 Å². The highest BCUT2D eigenvalue weighted by Gasteiger charge is 2.40. The van der Waals surface area contributed by atoms with Gasteiger partial charge < -0.3 is 24.9 Å². The Hall–Kier alpha value is -2.97. The summed E-state index contributed by atoms with van der Waals surface area (Å²) in [6, 6.07) is 6.42. The van der Waals surface area contributed by atoms with Crippen LogP contribution in [0.5, 0.6) is 5.75 Å². The fourth-order valence-electron chi connectivity index (χ4n) is 3.06. The van der Waals surface area contributed by atoms with Crippen LogP contribution < -0.4 is 10.8 Å². The minimum Gasteiger partial charge on any atom is -0.508 e. The molecule has 0 aliphatic carbocycles. The number of carboxylic acid groups (broad SMARTS) is 1. The van der Waals surface area contributed by atoms with E-state index in [0.29, 0.717) is 11.6 Å². The Labute approximate surface area is 166 Å². The molecule has 0 bridgehead atoms. The van der Waals surface area contributed by atoms with Crippen LogP contribution in [0.2, 0.25) is 0 Å². The van der Waals surface area contributed by atoms with Crippen molar-refractivity contribution in [1.82, 2.24) is 10.0 Å². The number of phenolic OH excluding ortho intramolecular Hbond substituents is 1. The first-order valence-corrected chi connectivity index (χ1v) is 9.05. The van der Waals surface area contributed by atoms with Crippen LogP contribution in [0.25, 0.3) is 0 Å². The number of aromatic hydroxyl groups is 1. The molecule has 1 aliphatic rings. The fourth-order valence-corrected chi connectivity index (χ4v) is 3.35. The SMILES string of the molecule is CCn1cc(NC(=O)CCC2(c3ccc(O)cc3)NOC=C2Cl)c(C(=O)O)c1. The first-order chi connectivity index (χ1) is 13.4. The zero-order valence-corrected chi connectivity index (χ0v) is 15.9. The molecule has 3 rings (SSSR count). The van der Waals surface area contributed by atoms with Crippen LogP contribution in [0.4, 0.5) is 5.69 Å². The molecule has 28 heavy (non-hydrogen) atoms. The minimum atomic E-state index is -1.11. The Morgan fingerprint density at radius 1 is 1.29 bits per heavy atom. The molecule has 148 valence electrons. The Kier molecular flexibility index (Phi) is 5.62. The van der Waals surface area contributed by atoms with Gasteiger partial charge in [0, 0.05) is 25.4 Å². The van der Waals surface area contributed by atoms with E-state index in [9.17, 15) is 19.8 Å². The zero-order valence-electron chi connectivity index (χ0n) is 15.1. The lowest BCUT2D eigenvalue weighted by Gasteiger charge is -2.28. The van der Waals surface area contributed by atoms with Gasteiger partial charge in [0.2, 0.25) is 5.91 Å². The highest BCUT2D eigenvalue weighted by atomic mass is 35.5. The maximum Gasteiger partial charge on any atom is 0.339 e. The number of aromatic nitrogens is 1. The van der Waals surface area contributed by atoms with E-state index in [1.54, 1.807) is 22.9 Å². The lowest BCUT2D eigenvalue weighted by atomic mass is 9.86. The van der Waals surface area contributed by atoms with Crippen molar-refractivity contribution in [1.29, 1.82) is 0 Å². The molecule has 1 aromatic carbocycles. The number of aryl methyl sites for hydroxylation is 1. The number of benzene rings is 1. The van der Waals surface area contributed by atoms with Crippen molar-refractivity contribution >= 4 is 29.2 Å². The third kappa shape index (κ3) is 3.83. The summed E-state index contributed by atoms with van der Waals surface area (Å²) >= 11 is 6.34. The molecule has 0 radical (unpaired) electrons. The van der Waals surface area contributed by atoms with Gasteiger partial charge in [0.15, 0.2) is 0 Å². The van der Waals surface area contributed by atoms with E-state index >= 15 is 0 Å². The molecule has 1 aromatic heterocycles. The smallest absolute Gasteiger partial charge is 0.339 e. The number of hydrogen-bond acceptors (Lipinski definition) is 5. The van der Waals surface area contributed by atoms with Crippen LogP contribution in [0.1, 0.15) is 35.7 Å². The standard InChI is InChI=1S/C19H20ClN3O5/c1-2-23-9-14(18(26)27)15(10-23)21-17(25)7-8-19(16(20)11-28-22-19)12-3-5-13(24)6-4-12/h3-6,9-11,22,24H,2,7-8H2,1H3,(H,21,25)(H,26,27). The molecule has 0 saturated carbocycles. The molecule has 1 unspecified atom stereocenters. The van der Waals surface area contributed by atoms with Gasteiger partial charge in [0.05, 0.1) is 10.7 Å². The third-order valence-corrected chi connectivity index (χ3v) is 5.05. The number of hydroxylamine groups is 1. The third-order valence-electron chi connectivity index (χ3n) is 4.64. The van der Waals surface area contributed by atoms with Crippen molar-refractivity contribution < 1.29 is 24.6 Å². The van der Waals surface area contributed by atoms with Crippen LogP contribution in [0.3, 0.4) is 0 Å².